The molecule has 0 unspecified atom stereocenters. The fourth-order valence-corrected chi connectivity index (χ4v) is 3.79. The van der Waals surface area contributed by atoms with Crippen molar-refractivity contribution in [1.82, 2.24) is 19.6 Å². The van der Waals surface area contributed by atoms with Crippen molar-refractivity contribution in [2.75, 3.05) is 31.2 Å². The average Bonchev–Trinajstić information content (AvgIpc) is 2.79. The maximum atomic E-state index is 4.83. The van der Waals surface area contributed by atoms with Crippen LogP contribution in [0.2, 0.25) is 0 Å². The van der Waals surface area contributed by atoms with Gasteiger partial charge in [0.15, 0.2) is 0 Å². The minimum absolute atomic E-state index is 0.647. The largest absolute Gasteiger partial charge is 0.364 e. The first-order valence-corrected chi connectivity index (χ1v) is 12.3. The lowest BCUT2D eigenvalue weighted by atomic mass is 10.2. The third-order valence-corrected chi connectivity index (χ3v) is 5.42. The number of H-pyrrole nitrogens is 3. The molecule has 8 heteroatoms. The van der Waals surface area contributed by atoms with Gasteiger partial charge < -0.3 is 15.0 Å². The maximum Gasteiger partial charge on any atom is 0.0592 e. The van der Waals surface area contributed by atoms with E-state index in [9.17, 15) is 0 Å². The van der Waals surface area contributed by atoms with Gasteiger partial charge in [-0.05, 0) is 59.8 Å². The van der Waals surface area contributed by atoms with Crippen molar-refractivity contribution in [1.29, 1.82) is 0 Å². The van der Waals surface area contributed by atoms with E-state index < -0.39 is 0 Å². The molecule has 0 radical (unpaired) electrons. The second-order valence-corrected chi connectivity index (χ2v) is 8.93. The van der Waals surface area contributed by atoms with E-state index in [1.54, 1.807) is 0 Å². The molecule has 0 fully saturated rings. The summed E-state index contributed by atoms with van der Waals surface area (Å²) in [7, 11) is 0. The topological polar surface area (TPSA) is 92.6 Å². The van der Waals surface area contributed by atoms with E-state index >= 15 is 0 Å². The summed E-state index contributed by atoms with van der Waals surface area (Å²) in [6, 6.07) is 3.95. The highest BCUT2D eigenvalue weighted by molar-refractivity contribution is 6.02. The molecule has 0 amide bonds. The molecule has 0 saturated heterocycles. The van der Waals surface area contributed by atoms with Crippen LogP contribution in [0.1, 0.15) is 45.5 Å². The fourth-order valence-electron chi connectivity index (χ4n) is 3.79. The first-order valence-electron chi connectivity index (χ1n) is 12.3. The minimum Gasteiger partial charge on any atom is -0.364 e. The molecule has 0 atom stereocenters. The molecule has 36 heavy (non-hydrogen) atoms. The standard InChI is InChI=1S/C28H42N8/c1-21-17-23(3)33-13-15-35(27(7)19-25(5)31-11-9-29-21)36-16-14-34-24(4)18-22(2)30-10-12-32-26(6)20-28(36)8/h9,11,13,15,17,19-20,29,31,33H,3,5,10,12,14,16,18H2,1-2,4,6-8H3. The van der Waals surface area contributed by atoms with Crippen molar-refractivity contribution in [3.8, 4) is 0 Å². The quantitative estimate of drug-likeness (QED) is 0.547. The number of aromatic nitrogens is 4. The van der Waals surface area contributed by atoms with E-state index in [4.69, 9.17) is 9.98 Å². The predicted molar refractivity (Wildman–Crippen MR) is 156 cm³/mol. The molecule has 3 N–H and O–H groups in total. The van der Waals surface area contributed by atoms with Crippen molar-refractivity contribution < 1.29 is 0 Å². The van der Waals surface area contributed by atoms with Crippen molar-refractivity contribution in [3.63, 3.8) is 0 Å². The molecule has 0 aromatic carbocycles. The van der Waals surface area contributed by atoms with Gasteiger partial charge in [0.25, 0.3) is 0 Å². The molecule has 0 spiro atoms. The third-order valence-electron chi connectivity index (χ3n) is 5.42. The van der Waals surface area contributed by atoms with Crippen molar-refractivity contribution in [2.45, 2.75) is 48.0 Å². The van der Waals surface area contributed by atoms with Crippen LogP contribution in [0.3, 0.4) is 0 Å². The molecule has 0 saturated carbocycles. The summed E-state index contributed by atoms with van der Waals surface area (Å²) in [6.07, 6.45) is 10.4. The van der Waals surface area contributed by atoms with E-state index in [-0.39, 0.29) is 0 Å². The highest BCUT2D eigenvalue weighted by Gasteiger charge is 2.09. The summed E-state index contributed by atoms with van der Waals surface area (Å²) in [5, 5.41) is 3.74. The Morgan fingerprint density at radius 1 is 0.750 bits per heavy atom. The number of aromatic amines is 3. The zero-order valence-corrected chi connectivity index (χ0v) is 22.7. The Morgan fingerprint density at radius 2 is 1.36 bits per heavy atom. The van der Waals surface area contributed by atoms with Gasteiger partial charge >= 0.3 is 0 Å². The molecule has 1 aliphatic rings. The molecule has 1 aliphatic heterocycles. The minimum atomic E-state index is 0.647. The van der Waals surface area contributed by atoms with Crippen LogP contribution in [0.25, 0.3) is 13.2 Å². The Kier molecular flexibility index (Phi) is 11.5. The zero-order valence-electron chi connectivity index (χ0n) is 22.7. The molecule has 0 bridgehead atoms. The Balaban J connectivity index is 2.74. The number of nitrogens with one attached hydrogen (secondary N) is 3. The number of rotatable bonds is 1. The van der Waals surface area contributed by atoms with Gasteiger partial charge in [-0.2, -0.15) is 0 Å². The highest BCUT2D eigenvalue weighted by atomic mass is 15.5. The lowest BCUT2D eigenvalue weighted by Crippen LogP contribution is -2.36. The predicted octanol–water partition coefficient (Wildman–Crippen LogP) is 3.91. The first kappa shape index (κ1) is 28.4. The van der Waals surface area contributed by atoms with Crippen LogP contribution < -0.4 is 15.7 Å². The second-order valence-electron chi connectivity index (χ2n) is 8.93. The zero-order chi connectivity index (χ0) is 26.5. The molecule has 2 rings (SSSR count). The fraction of sp³-hybridized carbons (Fsp3) is 0.393. The van der Waals surface area contributed by atoms with Crippen LogP contribution in [-0.4, -0.2) is 62.9 Å². The summed E-state index contributed by atoms with van der Waals surface area (Å²) in [5.74, 6) is 0. The summed E-state index contributed by atoms with van der Waals surface area (Å²) in [6.45, 7) is 23.2. The third kappa shape index (κ3) is 10.2. The first-order chi connectivity index (χ1) is 17.2. The van der Waals surface area contributed by atoms with Gasteiger partial charge in [0.2, 0.25) is 0 Å². The molecular weight excluding hydrogens is 448 g/mol. The van der Waals surface area contributed by atoms with Crippen LogP contribution in [0, 0.1) is 13.8 Å². The average molecular weight is 491 g/mol. The number of allylic oxidation sites excluding steroid dienone is 2. The lowest BCUT2D eigenvalue weighted by molar-refractivity contribution is 0.634. The summed E-state index contributed by atoms with van der Waals surface area (Å²) in [5.41, 5.74) is 6.13. The van der Waals surface area contributed by atoms with E-state index in [1.165, 1.54) is 0 Å². The SMILES string of the molecule is C=c1cc(C)[nH]cc[nH]c(=C)cc(C)n(N2CCN=C(C)CC(C)=NCCN=C(C)C=C2C)cc[nH]1. The number of aliphatic imine (C=N–C) groups is 3. The van der Waals surface area contributed by atoms with Gasteiger partial charge in [-0.15, -0.1) is 0 Å². The van der Waals surface area contributed by atoms with Gasteiger partial charge in [0.1, 0.15) is 0 Å². The Hall–Kier alpha value is -3.81. The lowest BCUT2D eigenvalue weighted by Gasteiger charge is -2.29. The van der Waals surface area contributed by atoms with Gasteiger partial charge in [0.05, 0.1) is 26.2 Å². The van der Waals surface area contributed by atoms with Crippen LogP contribution in [0.15, 0.2) is 63.7 Å². The van der Waals surface area contributed by atoms with Gasteiger partial charge in [-0.3, -0.25) is 24.7 Å². The van der Waals surface area contributed by atoms with Crippen LogP contribution >= 0.6 is 0 Å². The second kappa shape index (κ2) is 14.6. The Bertz CT molecular complexity index is 1270. The summed E-state index contributed by atoms with van der Waals surface area (Å²) < 4.78 is 2.10. The molecule has 194 valence electrons. The number of hydrogen-bond donors (Lipinski definition) is 3. The van der Waals surface area contributed by atoms with E-state index in [0.29, 0.717) is 26.2 Å². The van der Waals surface area contributed by atoms with Crippen molar-refractivity contribution >= 4 is 30.3 Å². The van der Waals surface area contributed by atoms with E-state index in [1.807, 2.05) is 50.8 Å². The van der Waals surface area contributed by atoms with Crippen LogP contribution in [0.4, 0.5) is 0 Å². The number of nitrogens with zero attached hydrogens (tertiary/aromatic N) is 5. The van der Waals surface area contributed by atoms with E-state index in [2.05, 4.69) is 76.6 Å². The molecule has 1 aromatic rings. The normalized spacial score (nSPS) is 15.2. The summed E-state index contributed by atoms with van der Waals surface area (Å²) >= 11 is 0. The van der Waals surface area contributed by atoms with Gasteiger partial charge in [0, 0.05) is 76.1 Å². The maximum absolute atomic E-state index is 4.83. The van der Waals surface area contributed by atoms with Crippen LogP contribution in [-0.2, 0) is 0 Å². The van der Waals surface area contributed by atoms with Gasteiger partial charge in [-0.25, -0.2) is 0 Å². The Morgan fingerprint density at radius 3 is 2.11 bits per heavy atom. The molecule has 1 aromatic heterocycles. The molecule has 8 nitrogen and oxygen atoms in total. The molecule has 2 heterocycles. The van der Waals surface area contributed by atoms with E-state index in [0.717, 1.165) is 51.3 Å². The van der Waals surface area contributed by atoms with Crippen LogP contribution in [0.5, 0.6) is 0 Å². The van der Waals surface area contributed by atoms with Gasteiger partial charge in [-0.1, -0.05) is 13.2 Å². The highest BCUT2D eigenvalue weighted by Crippen LogP contribution is 2.07. The monoisotopic (exact) mass is 490 g/mol. The Labute approximate surface area is 215 Å². The molecule has 0 aliphatic carbocycles. The van der Waals surface area contributed by atoms with Crippen molar-refractivity contribution in [3.05, 3.63) is 70.8 Å². The smallest absolute Gasteiger partial charge is 0.0592 e. The molecular formula is C28H42N8. The summed E-state index contributed by atoms with van der Waals surface area (Å²) in [4.78, 5) is 23.8. The number of hydrogen-bond acceptors (Lipinski definition) is 4. The number of aryl methyl sites for hydroxylation is 2. The van der Waals surface area contributed by atoms with Crippen molar-refractivity contribution in [2.24, 2.45) is 15.0 Å².